The molecule has 5 heterocycles. The zero-order chi connectivity index (χ0) is 28.6. The summed E-state index contributed by atoms with van der Waals surface area (Å²) in [5, 5.41) is 19.9. The van der Waals surface area contributed by atoms with Crippen molar-refractivity contribution >= 4 is 74.1 Å². The first-order valence-corrected chi connectivity index (χ1v) is 14.5. The molecule has 0 bridgehead atoms. The third kappa shape index (κ3) is 5.11. The maximum atomic E-state index is 13.2. The van der Waals surface area contributed by atoms with Gasteiger partial charge in [0.1, 0.15) is 37.0 Å². The highest BCUT2D eigenvalue weighted by atomic mass is 32.2. The number of thiazole rings is 1. The quantitative estimate of drug-likeness (QED) is 0.0908. The van der Waals surface area contributed by atoms with E-state index in [1.165, 1.54) is 30.0 Å². The van der Waals surface area contributed by atoms with Crippen molar-refractivity contribution in [2.24, 2.45) is 5.16 Å². The Hall–Kier alpha value is -4.03. The number of imidazole rings is 1. The Balaban J connectivity index is 1.37. The van der Waals surface area contributed by atoms with Crippen LogP contribution in [0, 0.1) is 0 Å². The number of nitrogens with one attached hydrogen (secondary N) is 1. The Morgan fingerprint density at radius 3 is 2.85 bits per heavy atom. The molecule has 0 unspecified atom stereocenters. The van der Waals surface area contributed by atoms with Gasteiger partial charge in [0, 0.05) is 35.2 Å². The van der Waals surface area contributed by atoms with Crippen LogP contribution in [0.15, 0.2) is 34.2 Å². The van der Waals surface area contributed by atoms with E-state index in [2.05, 4.69) is 19.8 Å². The van der Waals surface area contributed by atoms with Crippen molar-refractivity contribution in [2.45, 2.75) is 38.4 Å². The fourth-order valence-electron chi connectivity index (χ4n) is 4.25. The van der Waals surface area contributed by atoms with Crippen LogP contribution >= 0.6 is 34.6 Å². The van der Waals surface area contributed by atoms with Crippen molar-refractivity contribution < 1.29 is 38.4 Å². The van der Waals surface area contributed by atoms with E-state index in [9.17, 15) is 24.3 Å². The lowest BCUT2D eigenvalue weighted by atomic mass is 10.0. The second-order valence-electron chi connectivity index (χ2n) is 8.48. The molecule has 3 N–H and O–H groups in total. The Morgan fingerprint density at radius 2 is 2.17 bits per heavy atom. The van der Waals surface area contributed by atoms with E-state index in [0.29, 0.717) is 11.4 Å². The van der Waals surface area contributed by atoms with Gasteiger partial charge in [0.25, 0.3) is 11.8 Å². The summed E-state index contributed by atoms with van der Waals surface area (Å²) >= 11 is 3.63. The number of nitrogens with two attached hydrogens (primary N) is 1. The van der Waals surface area contributed by atoms with Gasteiger partial charge in [-0.2, -0.15) is 13.8 Å². The van der Waals surface area contributed by atoms with Crippen LogP contribution in [0.25, 0.3) is 4.83 Å². The molecule has 0 radical (unpaired) electrons. The lowest BCUT2D eigenvalue weighted by molar-refractivity contribution is -0.696. The molecule has 3 aromatic rings. The topological polar surface area (TPSA) is 198 Å². The van der Waals surface area contributed by atoms with Crippen LogP contribution in [-0.4, -0.2) is 71.9 Å². The number of amides is 2. The van der Waals surface area contributed by atoms with Gasteiger partial charge in [-0.3, -0.25) is 19.3 Å². The zero-order valence-corrected chi connectivity index (χ0v) is 23.5. The van der Waals surface area contributed by atoms with Crippen LogP contribution in [0.5, 0.6) is 0 Å². The Kier molecular flexibility index (Phi) is 7.72. The smallest absolute Gasteiger partial charge is 0.303 e. The van der Waals surface area contributed by atoms with Gasteiger partial charge in [-0.15, -0.1) is 11.8 Å². The van der Waals surface area contributed by atoms with Crippen molar-refractivity contribution in [2.75, 3.05) is 18.1 Å². The average molecular weight is 607 g/mol. The van der Waals surface area contributed by atoms with Crippen LogP contribution < -0.4 is 20.7 Å². The fraction of sp³-hybridized carbons (Fsp3) is 0.364. The fourth-order valence-corrected chi connectivity index (χ4v) is 6.81. The van der Waals surface area contributed by atoms with Crippen LogP contribution in [0.2, 0.25) is 0 Å². The lowest BCUT2D eigenvalue weighted by Crippen LogP contribution is -2.71. The minimum atomic E-state index is -1.51. The van der Waals surface area contributed by atoms with Gasteiger partial charge in [-0.1, -0.05) is 16.5 Å². The Labute approximate surface area is 238 Å². The summed E-state index contributed by atoms with van der Waals surface area (Å²) in [6.07, 6.45) is 3.64. The van der Waals surface area contributed by atoms with E-state index in [1.807, 2.05) is 22.2 Å². The second kappa shape index (κ2) is 11.2. The monoisotopic (exact) mass is 606 g/mol. The number of hydrogen-bond donors (Lipinski definition) is 2. The van der Waals surface area contributed by atoms with Crippen molar-refractivity contribution in [1.82, 2.24) is 24.0 Å². The molecular weight excluding hydrogens is 584 g/mol. The number of thioether (sulfide) groups is 1. The predicted octanol–water partition coefficient (Wildman–Crippen LogP) is -1.37. The largest absolute Gasteiger partial charge is 0.543 e. The predicted molar refractivity (Wildman–Crippen MR) is 140 cm³/mol. The van der Waals surface area contributed by atoms with Crippen LogP contribution in [0.3, 0.4) is 0 Å². The molecule has 18 heteroatoms. The number of carboxylic acids is 1. The van der Waals surface area contributed by atoms with Crippen LogP contribution in [0.1, 0.15) is 25.5 Å². The van der Waals surface area contributed by atoms with E-state index in [-0.39, 0.29) is 47.9 Å². The highest BCUT2D eigenvalue weighted by Crippen LogP contribution is 2.40. The van der Waals surface area contributed by atoms with Gasteiger partial charge in [0.2, 0.25) is 16.4 Å². The number of aromatic nitrogens is 4. The molecule has 1 saturated heterocycles. The van der Waals surface area contributed by atoms with Crippen LogP contribution in [-0.2, 0) is 41.9 Å². The number of carbonyl (C=O) groups excluding carboxylic acids is 4. The molecule has 5 rings (SSSR count). The van der Waals surface area contributed by atoms with Crippen molar-refractivity contribution in [3.05, 3.63) is 40.7 Å². The first-order valence-electron chi connectivity index (χ1n) is 11.8. The van der Waals surface area contributed by atoms with Gasteiger partial charge in [0.05, 0.1) is 11.7 Å². The highest BCUT2D eigenvalue weighted by Gasteiger charge is 2.53. The number of carbonyl (C=O) groups is 4. The lowest BCUT2D eigenvalue weighted by Gasteiger charge is -2.50. The number of anilines is 1. The summed E-state index contributed by atoms with van der Waals surface area (Å²) in [5.41, 5.74) is 5.55. The first-order chi connectivity index (χ1) is 19.2. The van der Waals surface area contributed by atoms with E-state index in [1.54, 1.807) is 11.5 Å². The normalized spacial score (nSPS) is 18.9. The Bertz CT molecular complexity index is 1570. The minimum Gasteiger partial charge on any atom is -0.543 e. The minimum absolute atomic E-state index is 0.0220. The third-order valence-electron chi connectivity index (χ3n) is 5.96. The highest BCUT2D eigenvalue weighted by molar-refractivity contribution is 8.00. The maximum Gasteiger partial charge on any atom is 0.303 e. The number of β-lactam (4-membered cyclic amide) rings is 1. The number of rotatable bonds is 10. The van der Waals surface area contributed by atoms with Gasteiger partial charge < -0.3 is 30.5 Å². The molecule has 40 heavy (non-hydrogen) atoms. The number of nitrogens with zero attached hydrogens (tertiary/aromatic N) is 6. The van der Waals surface area contributed by atoms with Gasteiger partial charge in [-0.25, -0.2) is 4.57 Å². The van der Waals surface area contributed by atoms with Gasteiger partial charge >= 0.3 is 11.8 Å². The van der Waals surface area contributed by atoms with E-state index >= 15 is 0 Å². The number of nitrogen functional groups attached to an aromatic ring is 1. The number of esters is 1. The molecule has 15 nitrogen and oxygen atoms in total. The molecule has 2 aliphatic heterocycles. The van der Waals surface area contributed by atoms with Gasteiger partial charge in [0.15, 0.2) is 11.7 Å². The zero-order valence-electron chi connectivity index (χ0n) is 21.1. The van der Waals surface area contributed by atoms with E-state index in [0.717, 1.165) is 21.3 Å². The van der Waals surface area contributed by atoms with Crippen LogP contribution in [0.4, 0.5) is 5.13 Å². The standard InChI is InChI=1S/C22H22N8O7S3/c1-3-37-26-14(17-25-22(23)40-27-17)18(32)24-15-19(33)30-16(21(34)35)11(9-39-20(15)30)6-28-7-13-29(4-5-38-13)12(28)8-36-10(2)31/h4-5,7,15,20H,3,6,8-9H2,1-2H3,(H3-,23,24,25,27,32,34,35)/b26-14-/t15-,20-/m1/s1. The van der Waals surface area contributed by atoms with Gasteiger partial charge in [-0.05, 0) is 6.92 Å². The Morgan fingerprint density at radius 1 is 1.38 bits per heavy atom. The summed E-state index contributed by atoms with van der Waals surface area (Å²) in [5.74, 6) is -2.53. The molecule has 2 atom stereocenters. The molecule has 210 valence electrons. The number of aliphatic carboxylic acids is 1. The summed E-state index contributed by atoms with van der Waals surface area (Å²) in [6.45, 7) is 3.25. The molecular formula is C22H22N8O7S3. The summed E-state index contributed by atoms with van der Waals surface area (Å²) < 4.78 is 12.8. The number of ether oxygens (including phenoxy) is 1. The summed E-state index contributed by atoms with van der Waals surface area (Å²) in [7, 11) is 0. The molecule has 2 amide bonds. The van der Waals surface area contributed by atoms with E-state index in [4.69, 9.17) is 15.3 Å². The van der Waals surface area contributed by atoms with Crippen molar-refractivity contribution in [3.8, 4) is 0 Å². The molecule has 0 aliphatic carbocycles. The van der Waals surface area contributed by atoms with Crippen molar-refractivity contribution in [1.29, 1.82) is 0 Å². The summed E-state index contributed by atoms with van der Waals surface area (Å²) in [4.78, 5) is 60.8. The molecule has 0 saturated carbocycles. The average Bonchev–Trinajstić information content (AvgIpc) is 3.62. The molecule has 3 aromatic heterocycles. The first kappa shape index (κ1) is 27.5. The molecule has 0 spiro atoms. The van der Waals surface area contributed by atoms with E-state index < -0.39 is 35.2 Å². The second-order valence-corrected chi connectivity index (χ2v) is 11.3. The number of fused-ring (bicyclic) bond motifs is 2. The number of oxime groups is 1. The molecule has 1 fully saturated rings. The molecule has 0 aromatic carbocycles. The maximum absolute atomic E-state index is 13.2. The molecule has 2 aliphatic rings. The van der Waals surface area contributed by atoms with Crippen molar-refractivity contribution in [3.63, 3.8) is 0 Å². The SMILES string of the molecule is CCO/N=C(\C(=O)N[C@@H]1C(=O)N2C(C(=O)[O-])=C(C[n+]3cc4sccn4c3COC(C)=O)CS[C@H]12)c1nsc(N)n1. The summed E-state index contributed by atoms with van der Waals surface area (Å²) in [6, 6.07) is -1.02. The third-order valence-corrected chi connectivity index (χ3v) is 8.64. The number of carboxylic acid groups (broad SMARTS) is 1. The number of hydrogen-bond acceptors (Lipinski definition) is 14.